The number of hydrazine groups is 1. The van der Waals surface area contributed by atoms with Crippen molar-refractivity contribution >= 4 is 46.0 Å². The summed E-state index contributed by atoms with van der Waals surface area (Å²) in [5.74, 6) is -0.178. The van der Waals surface area contributed by atoms with E-state index >= 15 is 0 Å². The number of carbonyl (C=O) groups is 2. The first-order valence-corrected chi connectivity index (χ1v) is 7.12. The molecule has 0 radical (unpaired) electrons. The Labute approximate surface area is 129 Å². The molecule has 102 valence electrons. The van der Waals surface area contributed by atoms with Gasteiger partial charge in [0.15, 0.2) is 0 Å². The summed E-state index contributed by atoms with van der Waals surface area (Å²) in [6.45, 7) is 0. The van der Waals surface area contributed by atoms with Crippen molar-refractivity contribution in [3.8, 4) is 5.75 Å². The molecule has 1 aliphatic carbocycles. The van der Waals surface area contributed by atoms with Crippen LogP contribution in [-0.2, 0) is 4.79 Å². The van der Waals surface area contributed by atoms with Gasteiger partial charge in [-0.3, -0.25) is 20.4 Å². The number of carbonyl (C=O) groups excluding carboxylic acids is 2. The molecule has 1 aliphatic rings. The maximum Gasteiger partial charge on any atom is 0.273 e. The lowest BCUT2D eigenvalue weighted by molar-refractivity contribution is -0.123. The predicted molar refractivity (Wildman–Crippen MR) is 79.1 cm³/mol. The lowest BCUT2D eigenvalue weighted by Gasteiger charge is -2.11. The van der Waals surface area contributed by atoms with Gasteiger partial charge in [-0.15, -0.1) is 0 Å². The second kappa shape index (κ2) is 5.96. The predicted octanol–water partition coefficient (Wildman–Crippen LogP) is 2.12. The number of amides is 2. The maximum absolute atomic E-state index is 12.0. The number of benzene rings is 1. The SMILES string of the molecule is COc1cc(I)c(Cl)cc1C(=O)NNC(=O)C1CC1. The van der Waals surface area contributed by atoms with Crippen LogP contribution in [0.3, 0.4) is 0 Å². The minimum absolute atomic E-state index is 0.0301. The van der Waals surface area contributed by atoms with Crippen molar-refractivity contribution in [3.05, 3.63) is 26.3 Å². The fourth-order valence-electron chi connectivity index (χ4n) is 1.51. The summed E-state index contributed by atoms with van der Waals surface area (Å²) >= 11 is 8.03. The molecular weight excluding hydrogens is 383 g/mol. The molecule has 5 nitrogen and oxygen atoms in total. The molecule has 19 heavy (non-hydrogen) atoms. The van der Waals surface area contributed by atoms with Crippen molar-refractivity contribution in [2.75, 3.05) is 7.11 Å². The van der Waals surface area contributed by atoms with Crippen LogP contribution >= 0.6 is 34.2 Å². The number of hydrogen-bond donors (Lipinski definition) is 2. The van der Waals surface area contributed by atoms with Crippen LogP contribution in [0.25, 0.3) is 0 Å². The molecule has 0 saturated heterocycles. The summed E-state index contributed by atoms with van der Waals surface area (Å²) in [7, 11) is 1.47. The molecule has 1 fully saturated rings. The minimum atomic E-state index is -0.454. The van der Waals surface area contributed by atoms with Gasteiger partial charge in [-0.1, -0.05) is 11.6 Å². The van der Waals surface area contributed by atoms with Crippen LogP contribution in [-0.4, -0.2) is 18.9 Å². The highest BCUT2D eigenvalue weighted by Gasteiger charge is 2.30. The third-order valence-electron chi connectivity index (χ3n) is 2.73. The van der Waals surface area contributed by atoms with Crippen molar-refractivity contribution < 1.29 is 14.3 Å². The van der Waals surface area contributed by atoms with Gasteiger partial charge in [0.1, 0.15) is 5.75 Å². The van der Waals surface area contributed by atoms with Crippen molar-refractivity contribution in [1.29, 1.82) is 0 Å². The van der Waals surface area contributed by atoms with Crippen LogP contribution < -0.4 is 15.6 Å². The first kappa shape index (κ1) is 14.4. The Balaban J connectivity index is 2.09. The zero-order valence-corrected chi connectivity index (χ0v) is 13.0. The van der Waals surface area contributed by atoms with Crippen LogP contribution in [0.15, 0.2) is 12.1 Å². The van der Waals surface area contributed by atoms with E-state index in [1.807, 2.05) is 22.6 Å². The van der Waals surface area contributed by atoms with Crippen LogP contribution in [0.4, 0.5) is 0 Å². The van der Waals surface area contributed by atoms with Crippen molar-refractivity contribution in [2.24, 2.45) is 5.92 Å². The molecular formula is C12H12ClIN2O3. The molecule has 2 amide bonds. The molecule has 2 rings (SSSR count). The lowest BCUT2D eigenvalue weighted by Crippen LogP contribution is -2.42. The van der Waals surface area contributed by atoms with Crippen LogP contribution in [0.2, 0.25) is 5.02 Å². The summed E-state index contributed by atoms with van der Waals surface area (Å²) < 4.78 is 5.92. The fourth-order valence-corrected chi connectivity index (χ4v) is 2.11. The Morgan fingerprint density at radius 3 is 2.63 bits per heavy atom. The van der Waals surface area contributed by atoms with Gasteiger partial charge in [0.25, 0.3) is 5.91 Å². The van der Waals surface area contributed by atoms with E-state index in [0.717, 1.165) is 16.4 Å². The second-order valence-corrected chi connectivity index (χ2v) is 5.75. The number of ether oxygens (including phenoxy) is 1. The Hall–Kier alpha value is -1.02. The summed E-state index contributed by atoms with van der Waals surface area (Å²) in [6, 6.07) is 3.18. The third kappa shape index (κ3) is 3.50. The smallest absolute Gasteiger partial charge is 0.273 e. The Morgan fingerprint density at radius 2 is 2.05 bits per heavy atom. The van der Waals surface area contributed by atoms with Crippen molar-refractivity contribution in [2.45, 2.75) is 12.8 Å². The summed E-state index contributed by atoms with van der Waals surface area (Å²) in [5.41, 5.74) is 5.03. The lowest BCUT2D eigenvalue weighted by atomic mass is 10.2. The molecule has 1 aromatic rings. The van der Waals surface area contributed by atoms with E-state index in [2.05, 4.69) is 10.9 Å². The first-order valence-electron chi connectivity index (χ1n) is 5.66. The average Bonchev–Trinajstić information content (AvgIpc) is 3.22. The van der Waals surface area contributed by atoms with Gasteiger partial charge >= 0.3 is 0 Å². The molecule has 0 atom stereocenters. The Morgan fingerprint density at radius 1 is 1.37 bits per heavy atom. The van der Waals surface area contributed by atoms with Gasteiger partial charge < -0.3 is 4.74 Å². The molecule has 1 aromatic carbocycles. The first-order chi connectivity index (χ1) is 9.02. The molecule has 7 heteroatoms. The molecule has 0 aliphatic heterocycles. The summed E-state index contributed by atoms with van der Waals surface area (Å²) in [4.78, 5) is 23.4. The van der Waals surface area contributed by atoms with E-state index in [4.69, 9.17) is 16.3 Å². The number of rotatable bonds is 3. The van der Waals surface area contributed by atoms with Gasteiger partial charge in [0, 0.05) is 9.49 Å². The standard InChI is InChI=1S/C12H12ClIN2O3/c1-19-10-5-9(14)8(13)4-7(10)12(18)16-15-11(17)6-2-3-6/h4-6H,2-3H2,1H3,(H,15,17)(H,16,18). The fraction of sp³-hybridized carbons (Fsp3) is 0.333. The number of halogens is 2. The van der Waals surface area contributed by atoms with E-state index < -0.39 is 5.91 Å². The molecule has 0 heterocycles. The van der Waals surface area contributed by atoms with Crippen LogP contribution in [0.1, 0.15) is 23.2 Å². The zero-order chi connectivity index (χ0) is 14.0. The minimum Gasteiger partial charge on any atom is -0.496 e. The third-order valence-corrected chi connectivity index (χ3v) is 4.26. The number of nitrogens with one attached hydrogen (secondary N) is 2. The van der Waals surface area contributed by atoms with Crippen LogP contribution in [0.5, 0.6) is 5.75 Å². The Kier molecular flexibility index (Phi) is 4.51. The van der Waals surface area contributed by atoms with Gasteiger partial charge in [-0.2, -0.15) is 0 Å². The highest BCUT2D eigenvalue weighted by Crippen LogP contribution is 2.29. The van der Waals surface area contributed by atoms with Gasteiger partial charge in [0.05, 0.1) is 17.7 Å². The molecule has 0 bridgehead atoms. The molecule has 0 unspecified atom stereocenters. The van der Waals surface area contributed by atoms with Gasteiger partial charge in [0.2, 0.25) is 5.91 Å². The zero-order valence-electron chi connectivity index (χ0n) is 10.1. The summed E-state index contributed by atoms with van der Waals surface area (Å²) in [6.07, 6.45) is 1.75. The number of methoxy groups -OCH3 is 1. The van der Waals surface area contributed by atoms with E-state index in [1.165, 1.54) is 13.2 Å². The number of hydrogen-bond acceptors (Lipinski definition) is 3. The second-order valence-electron chi connectivity index (χ2n) is 4.18. The summed E-state index contributed by atoms with van der Waals surface area (Å²) in [5, 5.41) is 0.458. The topological polar surface area (TPSA) is 67.4 Å². The highest BCUT2D eigenvalue weighted by molar-refractivity contribution is 14.1. The average molecular weight is 395 g/mol. The van der Waals surface area contributed by atoms with E-state index in [9.17, 15) is 9.59 Å². The maximum atomic E-state index is 12.0. The quantitative estimate of drug-likeness (QED) is 0.610. The highest BCUT2D eigenvalue weighted by atomic mass is 127. The van der Waals surface area contributed by atoms with E-state index in [1.54, 1.807) is 6.07 Å². The van der Waals surface area contributed by atoms with Crippen molar-refractivity contribution in [3.63, 3.8) is 0 Å². The van der Waals surface area contributed by atoms with E-state index in [-0.39, 0.29) is 17.4 Å². The monoisotopic (exact) mass is 394 g/mol. The van der Waals surface area contributed by atoms with Gasteiger partial charge in [-0.25, -0.2) is 0 Å². The van der Waals surface area contributed by atoms with Crippen molar-refractivity contribution in [1.82, 2.24) is 10.9 Å². The van der Waals surface area contributed by atoms with Crippen LogP contribution in [0, 0.1) is 9.49 Å². The largest absolute Gasteiger partial charge is 0.496 e. The normalized spacial score (nSPS) is 13.8. The molecule has 0 spiro atoms. The molecule has 2 N–H and O–H groups in total. The molecule has 1 saturated carbocycles. The molecule has 0 aromatic heterocycles. The van der Waals surface area contributed by atoms with Gasteiger partial charge in [-0.05, 0) is 47.6 Å². The van der Waals surface area contributed by atoms with E-state index in [0.29, 0.717) is 10.8 Å². The Bertz CT molecular complexity index is 532.